The van der Waals surface area contributed by atoms with E-state index in [2.05, 4.69) is 0 Å². The van der Waals surface area contributed by atoms with Gasteiger partial charge in [-0.1, -0.05) is 0 Å². The molecule has 2 heterocycles. The van der Waals surface area contributed by atoms with Gasteiger partial charge in [-0.05, 0) is 13.8 Å². The minimum absolute atomic E-state index is 0.804. The molecule has 124 valence electrons. The van der Waals surface area contributed by atoms with E-state index in [-0.39, 0.29) is 0 Å². The van der Waals surface area contributed by atoms with Gasteiger partial charge in [-0.3, -0.25) is 0 Å². The molecular formula is C12H22O9. The van der Waals surface area contributed by atoms with Crippen molar-refractivity contribution < 1.29 is 44.8 Å². The smallest absolute Gasteiger partial charge is 0.187 e. The molecule has 0 radical (unpaired) electrons. The Morgan fingerprint density at radius 1 is 0.667 bits per heavy atom. The van der Waals surface area contributed by atoms with Crippen molar-refractivity contribution >= 4 is 0 Å². The number of ether oxygens (including phenoxy) is 3. The Morgan fingerprint density at radius 3 is 1.86 bits per heavy atom. The van der Waals surface area contributed by atoms with Gasteiger partial charge in [-0.15, -0.1) is 0 Å². The zero-order valence-corrected chi connectivity index (χ0v) is 11.7. The maximum atomic E-state index is 9.96. The molecule has 0 saturated carbocycles. The van der Waals surface area contributed by atoms with Gasteiger partial charge in [-0.2, -0.15) is 0 Å². The van der Waals surface area contributed by atoms with E-state index in [9.17, 15) is 30.6 Å². The van der Waals surface area contributed by atoms with Crippen molar-refractivity contribution in [1.29, 1.82) is 0 Å². The van der Waals surface area contributed by atoms with E-state index < -0.39 is 61.4 Å². The van der Waals surface area contributed by atoms with Gasteiger partial charge in [0.25, 0.3) is 0 Å². The van der Waals surface area contributed by atoms with Gasteiger partial charge in [0.05, 0.1) is 12.2 Å². The fraction of sp³-hybridized carbons (Fsp3) is 1.00. The summed E-state index contributed by atoms with van der Waals surface area (Å²) >= 11 is 0. The van der Waals surface area contributed by atoms with Crippen molar-refractivity contribution in [3.05, 3.63) is 0 Å². The highest BCUT2D eigenvalue weighted by Crippen LogP contribution is 2.28. The lowest BCUT2D eigenvalue weighted by atomic mass is 9.97. The molecule has 0 aromatic carbocycles. The summed E-state index contributed by atoms with van der Waals surface area (Å²) < 4.78 is 15.4. The molecule has 2 aliphatic heterocycles. The third kappa shape index (κ3) is 3.21. The fourth-order valence-electron chi connectivity index (χ4n) is 2.45. The Kier molecular flexibility index (Phi) is 5.19. The van der Waals surface area contributed by atoms with Gasteiger partial charge < -0.3 is 44.8 Å². The normalized spacial score (nSPS) is 55.4. The Morgan fingerprint density at radius 2 is 1.24 bits per heavy atom. The molecule has 9 heteroatoms. The number of hydrogen-bond acceptors (Lipinski definition) is 9. The fourth-order valence-corrected chi connectivity index (χ4v) is 2.45. The number of aliphatic hydroxyl groups is 6. The molecule has 10 atom stereocenters. The van der Waals surface area contributed by atoms with E-state index in [0.29, 0.717) is 0 Å². The third-order valence-electron chi connectivity index (χ3n) is 3.90. The minimum Gasteiger partial charge on any atom is -0.388 e. The van der Waals surface area contributed by atoms with Crippen molar-refractivity contribution in [3.8, 4) is 0 Å². The van der Waals surface area contributed by atoms with Crippen LogP contribution in [0.5, 0.6) is 0 Å². The summed E-state index contributed by atoms with van der Waals surface area (Å²) in [6, 6.07) is 0. The first-order valence-corrected chi connectivity index (χ1v) is 6.78. The number of rotatable bonds is 2. The van der Waals surface area contributed by atoms with Crippen LogP contribution in [-0.2, 0) is 14.2 Å². The van der Waals surface area contributed by atoms with Crippen LogP contribution in [0.4, 0.5) is 0 Å². The standard InChI is InChI=1S/C12H22O9/c1-3-5(13)7(15)8(16)12(20-3)21-10-6(14)4(2)19-11(18)9(10)17/h3-18H,1-2H3/t3-,4+,5-,6+,7+,8+,9+,10-,11+,12-/m0/s1. The maximum Gasteiger partial charge on any atom is 0.187 e. The van der Waals surface area contributed by atoms with Crippen LogP contribution in [0, 0.1) is 0 Å². The predicted molar refractivity (Wildman–Crippen MR) is 65.8 cm³/mol. The van der Waals surface area contributed by atoms with E-state index >= 15 is 0 Å². The van der Waals surface area contributed by atoms with Gasteiger partial charge in [0.1, 0.15) is 36.6 Å². The largest absolute Gasteiger partial charge is 0.388 e. The molecule has 0 bridgehead atoms. The van der Waals surface area contributed by atoms with Crippen LogP contribution in [0.25, 0.3) is 0 Å². The summed E-state index contributed by atoms with van der Waals surface area (Å²) in [5, 5.41) is 58.4. The lowest BCUT2D eigenvalue weighted by molar-refractivity contribution is -0.349. The summed E-state index contributed by atoms with van der Waals surface area (Å²) in [4.78, 5) is 0. The van der Waals surface area contributed by atoms with Crippen molar-refractivity contribution in [2.24, 2.45) is 0 Å². The Labute approximate surface area is 121 Å². The summed E-state index contributed by atoms with van der Waals surface area (Å²) in [7, 11) is 0. The van der Waals surface area contributed by atoms with Gasteiger partial charge in [0.2, 0.25) is 0 Å². The van der Waals surface area contributed by atoms with Crippen molar-refractivity contribution in [3.63, 3.8) is 0 Å². The number of aliphatic hydroxyl groups excluding tert-OH is 6. The van der Waals surface area contributed by atoms with Gasteiger partial charge in [0.15, 0.2) is 12.6 Å². The van der Waals surface area contributed by atoms with Crippen molar-refractivity contribution in [2.75, 3.05) is 0 Å². The molecule has 2 aliphatic rings. The first kappa shape index (κ1) is 17.0. The number of hydrogen-bond donors (Lipinski definition) is 6. The molecule has 0 aromatic heterocycles. The monoisotopic (exact) mass is 310 g/mol. The molecule has 21 heavy (non-hydrogen) atoms. The summed E-state index contributed by atoms with van der Waals surface area (Å²) in [5.74, 6) is 0. The highest BCUT2D eigenvalue weighted by atomic mass is 16.7. The van der Waals surface area contributed by atoms with Gasteiger partial charge in [-0.25, -0.2) is 0 Å². The summed E-state index contributed by atoms with van der Waals surface area (Å²) in [6.07, 6.45) is -13.0. The lowest BCUT2D eigenvalue weighted by Gasteiger charge is -2.44. The second-order valence-electron chi connectivity index (χ2n) is 5.50. The molecule has 2 saturated heterocycles. The minimum atomic E-state index is -1.56. The van der Waals surface area contributed by atoms with Crippen LogP contribution in [0.1, 0.15) is 13.8 Å². The topological polar surface area (TPSA) is 149 Å². The SMILES string of the molecule is C[C@@H]1O[C@@H](O[C@@H]2[C@@H](O)[C@H](O)O[C@H](C)[C@H]2O)[C@H](O)[C@H](O)[C@H]1O. The Bertz CT molecular complexity index is 340. The third-order valence-corrected chi connectivity index (χ3v) is 3.90. The Hall–Kier alpha value is -0.360. The highest BCUT2D eigenvalue weighted by Gasteiger charge is 2.48. The van der Waals surface area contributed by atoms with Crippen LogP contribution in [0.3, 0.4) is 0 Å². The van der Waals surface area contributed by atoms with Crippen LogP contribution in [0.2, 0.25) is 0 Å². The molecule has 0 amide bonds. The maximum absolute atomic E-state index is 9.96. The molecule has 0 aliphatic carbocycles. The van der Waals surface area contributed by atoms with Crippen molar-refractivity contribution in [2.45, 2.75) is 75.3 Å². The van der Waals surface area contributed by atoms with Crippen LogP contribution in [-0.4, -0.2) is 92.1 Å². The zero-order chi connectivity index (χ0) is 15.9. The van der Waals surface area contributed by atoms with Crippen LogP contribution < -0.4 is 0 Å². The van der Waals surface area contributed by atoms with Gasteiger partial charge >= 0.3 is 0 Å². The average molecular weight is 310 g/mol. The van der Waals surface area contributed by atoms with E-state index in [0.717, 1.165) is 0 Å². The molecular weight excluding hydrogens is 288 g/mol. The van der Waals surface area contributed by atoms with E-state index in [1.165, 1.54) is 13.8 Å². The molecule has 6 N–H and O–H groups in total. The van der Waals surface area contributed by atoms with Crippen molar-refractivity contribution in [1.82, 2.24) is 0 Å². The van der Waals surface area contributed by atoms with Gasteiger partial charge in [0, 0.05) is 0 Å². The molecule has 0 unspecified atom stereocenters. The molecule has 0 aromatic rings. The van der Waals surface area contributed by atoms with E-state index in [4.69, 9.17) is 14.2 Å². The molecule has 2 rings (SSSR count). The second-order valence-corrected chi connectivity index (χ2v) is 5.50. The van der Waals surface area contributed by atoms with Crippen LogP contribution >= 0.6 is 0 Å². The quantitative estimate of drug-likeness (QED) is 0.308. The zero-order valence-electron chi connectivity index (χ0n) is 11.7. The molecule has 0 spiro atoms. The average Bonchev–Trinajstić information content (AvgIpc) is 2.44. The van der Waals surface area contributed by atoms with Crippen LogP contribution in [0.15, 0.2) is 0 Å². The highest BCUT2D eigenvalue weighted by molar-refractivity contribution is 4.92. The molecule has 2 fully saturated rings. The first-order valence-electron chi connectivity index (χ1n) is 6.78. The summed E-state index contributed by atoms with van der Waals surface area (Å²) in [5.41, 5.74) is 0. The predicted octanol–water partition coefficient (Wildman–Crippen LogP) is -3.34. The molecule has 9 nitrogen and oxygen atoms in total. The summed E-state index contributed by atoms with van der Waals surface area (Å²) in [6.45, 7) is 2.96. The second kappa shape index (κ2) is 6.41. The van der Waals surface area contributed by atoms with E-state index in [1.54, 1.807) is 0 Å². The lowest BCUT2D eigenvalue weighted by Crippen LogP contribution is -2.63. The Balaban J connectivity index is 2.08. The first-order chi connectivity index (χ1) is 9.73. The van der Waals surface area contributed by atoms with E-state index in [1.807, 2.05) is 0 Å².